The van der Waals surface area contributed by atoms with Crippen LogP contribution in [0.5, 0.6) is 5.75 Å². The monoisotopic (exact) mass is 283 g/mol. The van der Waals surface area contributed by atoms with E-state index in [0.717, 1.165) is 29.8 Å². The van der Waals surface area contributed by atoms with Crippen molar-refractivity contribution in [2.75, 3.05) is 19.9 Å². The van der Waals surface area contributed by atoms with Gasteiger partial charge in [-0.15, -0.1) is 0 Å². The number of hydrogen-bond acceptors (Lipinski definition) is 4. The molecule has 19 heavy (non-hydrogen) atoms. The number of nitrogens with one attached hydrogen (secondary N) is 1. The first-order valence-corrected chi connectivity index (χ1v) is 8.52. The fourth-order valence-electron chi connectivity index (χ4n) is 2.65. The van der Waals surface area contributed by atoms with Gasteiger partial charge in [-0.25, -0.2) is 8.42 Å². The number of hydrogen-bond donors (Lipinski definition) is 1. The highest BCUT2D eigenvalue weighted by atomic mass is 32.2. The Balaban J connectivity index is 2.38. The number of methoxy groups -OCH3 is 1. The molecule has 0 bridgehead atoms. The van der Waals surface area contributed by atoms with E-state index in [1.54, 1.807) is 7.11 Å². The zero-order valence-electron chi connectivity index (χ0n) is 11.6. The van der Waals surface area contributed by atoms with Crippen molar-refractivity contribution in [2.24, 2.45) is 0 Å². The van der Waals surface area contributed by atoms with Gasteiger partial charge in [0.2, 0.25) is 0 Å². The maximum Gasteiger partial charge on any atom is 0.152 e. The fourth-order valence-corrected chi connectivity index (χ4v) is 3.87. The first-order valence-electron chi connectivity index (χ1n) is 6.56. The van der Waals surface area contributed by atoms with Gasteiger partial charge in [-0.3, -0.25) is 0 Å². The van der Waals surface area contributed by atoms with E-state index in [1.807, 2.05) is 18.2 Å². The minimum Gasteiger partial charge on any atom is -0.497 e. The summed E-state index contributed by atoms with van der Waals surface area (Å²) in [6.45, 7) is 2.89. The SMILES string of the molecule is CCCNC1c2cc(OC)ccc2CC1S(C)(=O)=O. The Kier molecular flexibility index (Phi) is 4.16. The second kappa shape index (κ2) is 5.51. The largest absolute Gasteiger partial charge is 0.497 e. The van der Waals surface area contributed by atoms with Crippen molar-refractivity contribution < 1.29 is 13.2 Å². The Morgan fingerprint density at radius 1 is 1.42 bits per heavy atom. The summed E-state index contributed by atoms with van der Waals surface area (Å²) < 4.78 is 29.2. The van der Waals surface area contributed by atoms with Gasteiger partial charge in [0.1, 0.15) is 5.75 Å². The van der Waals surface area contributed by atoms with Gasteiger partial charge in [0.05, 0.1) is 12.4 Å². The van der Waals surface area contributed by atoms with Gasteiger partial charge in [-0.2, -0.15) is 0 Å². The quantitative estimate of drug-likeness (QED) is 0.893. The Hall–Kier alpha value is -1.07. The topological polar surface area (TPSA) is 55.4 Å². The summed E-state index contributed by atoms with van der Waals surface area (Å²) in [6.07, 6.45) is 2.88. The van der Waals surface area contributed by atoms with E-state index in [2.05, 4.69) is 12.2 Å². The molecule has 0 aromatic heterocycles. The van der Waals surface area contributed by atoms with Crippen molar-refractivity contribution in [2.45, 2.75) is 31.1 Å². The van der Waals surface area contributed by atoms with Gasteiger partial charge in [0.25, 0.3) is 0 Å². The standard InChI is InChI=1S/C14H21NO3S/c1-4-7-15-14-12-9-11(18-2)6-5-10(12)8-13(14)19(3,16)17/h5-6,9,13-15H,4,7-8H2,1-3H3. The molecule has 0 radical (unpaired) electrons. The Morgan fingerprint density at radius 2 is 2.16 bits per heavy atom. The predicted molar refractivity (Wildman–Crippen MR) is 76.4 cm³/mol. The third kappa shape index (κ3) is 2.92. The summed E-state index contributed by atoms with van der Waals surface area (Å²) in [7, 11) is -1.45. The van der Waals surface area contributed by atoms with Crippen LogP contribution in [0.15, 0.2) is 18.2 Å². The Bertz CT molecular complexity index is 554. The molecule has 0 aliphatic heterocycles. The number of fused-ring (bicyclic) bond motifs is 1. The van der Waals surface area contributed by atoms with Crippen molar-refractivity contribution in [3.05, 3.63) is 29.3 Å². The smallest absolute Gasteiger partial charge is 0.152 e. The van der Waals surface area contributed by atoms with Gasteiger partial charge in [-0.05, 0) is 42.6 Å². The first-order chi connectivity index (χ1) is 8.97. The molecule has 0 saturated carbocycles. The lowest BCUT2D eigenvalue weighted by Gasteiger charge is -2.20. The molecule has 1 aromatic rings. The predicted octanol–water partition coefficient (Wildman–Crippen LogP) is 1.71. The summed E-state index contributed by atoms with van der Waals surface area (Å²) in [6, 6.07) is 5.69. The van der Waals surface area contributed by atoms with Gasteiger partial charge < -0.3 is 10.1 Å². The maximum absolute atomic E-state index is 12.0. The van der Waals surface area contributed by atoms with E-state index in [9.17, 15) is 8.42 Å². The van der Waals surface area contributed by atoms with Gasteiger partial charge in [0, 0.05) is 12.3 Å². The molecule has 0 amide bonds. The van der Waals surface area contributed by atoms with E-state index in [0.29, 0.717) is 6.42 Å². The zero-order chi connectivity index (χ0) is 14.0. The average molecular weight is 283 g/mol. The van der Waals surface area contributed by atoms with Crippen LogP contribution in [0.4, 0.5) is 0 Å². The molecule has 0 fully saturated rings. The van der Waals surface area contributed by atoms with Crippen LogP contribution in [0.25, 0.3) is 0 Å². The molecule has 0 heterocycles. The minimum atomic E-state index is -3.07. The van der Waals surface area contributed by atoms with E-state index < -0.39 is 9.84 Å². The van der Waals surface area contributed by atoms with Crippen molar-refractivity contribution in [1.29, 1.82) is 0 Å². The highest BCUT2D eigenvalue weighted by molar-refractivity contribution is 7.91. The van der Waals surface area contributed by atoms with Crippen LogP contribution < -0.4 is 10.1 Å². The molecule has 2 atom stereocenters. The molecule has 0 saturated heterocycles. The number of benzene rings is 1. The number of ether oxygens (including phenoxy) is 1. The molecule has 1 N–H and O–H groups in total. The Morgan fingerprint density at radius 3 is 2.74 bits per heavy atom. The lowest BCUT2D eigenvalue weighted by molar-refractivity contribution is 0.413. The molecule has 106 valence electrons. The summed E-state index contributed by atoms with van der Waals surface area (Å²) >= 11 is 0. The fraction of sp³-hybridized carbons (Fsp3) is 0.571. The molecule has 1 aromatic carbocycles. The highest BCUT2D eigenvalue weighted by Gasteiger charge is 2.38. The molecule has 0 spiro atoms. The van der Waals surface area contributed by atoms with Crippen molar-refractivity contribution >= 4 is 9.84 Å². The minimum absolute atomic E-state index is 0.125. The molecule has 2 rings (SSSR count). The van der Waals surface area contributed by atoms with Crippen LogP contribution in [-0.4, -0.2) is 33.6 Å². The van der Waals surface area contributed by atoms with Crippen LogP contribution in [0.1, 0.15) is 30.5 Å². The summed E-state index contributed by atoms with van der Waals surface area (Å²) in [5.74, 6) is 0.774. The molecular weight excluding hydrogens is 262 g/mol. The average Bonchev–Trinajstić information content (AvgIpc) is 2.73. The maximum atomic E-state index is 12.0. The lowest BCUT2D eigenvalue weighted by atomic mass is 10.1. The summed E-state index contributed by atoms with van der Waals surface area (Å²) in [4.78, 5) is 0. The van der Waals surface area contributed by atoms with Crippen LogP contribution in [-0.2, 0) is 16.3 Å². The molecule has 4 nitrogen and oxygen atoms in total. The third-order valence-electron chi connectivity index (χ3n) is 3.65. The van der Waals surface area contributed by atoms with E-state index in [1.165, 1.54) is 6.26 Å². The molecular formula is C14H21NO3S. The van der Waals surface area contributed by atoms with Crippen LogP contribution in [0, 0.1) is 0 Å². The number of rotatable bonds is 5. The lowest BCUT2D eigenvalue weighted by Crippen LogP contribution is -2.34. The van der Waals surface area contributed by atoms with Gasteiger partial charge in [0.15, 0.2) is 9.84 Å². The molecule has 1 aliphatic carbocycles. The van der Waals surface area contributed by atoms with E-state index in [-0.39, 0.29) is 11.3 Å². The second-order valence-corrected chi connectivity index (χ2v) is 7.33. The van der Waals surface area contributed by atoms with Crippen LogP contribution >= 0.6 is 0 Å². The van der Waals surface area contributed by atoms with Gasteiger partial charge >= 0.3 is 0 Å². The number of sulfone groups is 1. The molecule has 2 unspecified atom stereocenters. The Labute approximate surface area is 115 Å². The zero-order valence-corrected chi connectivity index (χ0v) is 12.5. The van der Waals surface area contributed by atoms with Crippen molar-refractivity contribution in [1.82, 2.24) is 5.32 Å². The first kappa shape index (κ1) is 14.3. The normalized spacial score (nSPS) is 22.3. The summed E-state index contributed by atoms with van der Waals surface area (Å²) in [5, 5.41) is 2.99. The highest BCUT2D eigenvalue weighted by Crippen LogP contribution is 2.37. The van der Waals surface area contributed by atoms with E-state index >= 15 is 0 Å². The second-order valence-electron chi connectivity index (χ2n) is 5.07. The molecule has 1 aliphatic rings. The van der Waals surface area contributed by atoms with Gasteiger partial charge in [-0.1, -0.05) is 13.0 Å². The van der Waals surface area contributed by atoms with E-state index in [4.69, 9.17) is 4.74 Å². The van der Waals surface area contributed by atoms with Crippen LogP contribution in [0.2, 0.25) is 0 Å². The summed E-state index contributed by atoms with van der Waals surface area (Å²) in [5.41, 5.74) is 2.16. The molecule has 5 heteroatoms. The van der Waals surface area contributed by atoms with Crippen LogP contribution in [0.3, 0.4) is 0 Å². The third-order valence-corrected chi connectivity index (χ3v) is 5.18. The van der Waals surface area contributed by atoms with Crippen molar-refractivity contribution in [3.63, 3.8) is 0 Å². The van der Waals surface area contributed by atoms with Crippen molar-refractivity contribution in [3.8, 4) is 5.75 Å².